The Morgan fingerprint density at radius 1 is 0.229 bits per heavy atom. The third-order valence-electron chi connectivity index (χ3n) is 13.2. The van der Waals surface area contributed by atoms with Crippen molar-refractivity contribution in [3.05, 3.63) is 279 Å². The van der Waals surface area contributed by atoms with E-state index in [1.807, 2.05) is 24.3 Å². The Bertz CT molecular complexity index is 3530. The van der Waals surface area contributed by atoms with Gasteiger partial charge in [0.2, 0.25) is 5.89 Å². The Morgan fingerprint density at radius 3 is 0.914 bits per heavy atom. The highest BCUT2D eigenvalue weighted by atomic mass is 16.3. The van der Waals surface area contributed by atoms with Crippen molar-refractivity contribution in [1.29, 1.82) is 0 Å². The minimum atomic E-state index is 0.623. The summed E-state index contributed by atoms with van der Waals surface area (Å²) in [4.78, 5) is 7.08. The van der Waals surface area contributed by atoms with Gasteiger partial charge in [0.05, 0.1) is 0 Å². The standard InChI is InChI=1S/C67H46N2O/c1-3-13-47(14-4-1)49-23-27-51(28-24-49)53-35-41-58(42-36-53)69(59-43-37-54(38-44-59)52-29-25-50(26-30-52)48-15-5-2-6-16-48)60-45-39-56(40-46-60)62-18-8-10-20-64(62)63-19-9-7-17-61(63)55-31-33-57(34-32-55)67-68-65-21-11-12-22-66(65)70-67/h1-46H. The highest BCUT2D eigenvalue weighted by Gasteiger charge is 2.17. The summed E-state index contributed by atoms with van der Waals surface area (Å²) in [5.41, 5.74) is 22.3. The summed E-state index contributed by atoms with van der Waals surface area (Å²) in [6.07, 6.45) is 0. The molecule has 0 aliphatic heterocycles. The second-order valence-corrected chi connectivity index (χ2v) is 17.5. The van der Waals surface area contributed by atoms with E-state index in [2.05, 4.69) is 260 Å². The number of aromatic nitrogens is 1. The van der Waals surface area contributed by atoms with Crippen molar-refractivity contribution in [2.45, 2.75) is 0 Å². The molecule has 0 amide bonds. The molecule has 3 heteroatoms. The summed E-state index contributed by atoms with van der Waals surface area (Å²) in [6, 6.07) is 99.4. The van der Waals surface area contributed by atoms with Gasteiger partial charge in [0.25, 0.3) is 0 Å². The van der Waals surface area contributed by atoms with Crippen LogP contribution >= 0.6 is 0 Å². The van der Waals surface area contributed by atoms with E-state index >= 15 is 0 Å². The molecule has 330 valence electrons. The van der Waals surface area contributed by atoms with E-state index in [4.69, 9.17) is 9.40 Å². The molecule has 11 aromatic carbocycles. The van der Waals surface area contributed by atoms with Gasteiger partial charge >= 0.3 is 0 Å². The summed E-state index contributed by atoms with van der Waals surface area (Å²) >= 11 is 0. The van der Waals surface area contributed by atoms with Gasteiger partial charge in [0, 0.05) is 22.6 Å². The summed E-state index contributed by atoms with van der Waals surface area (Å²) in [7, 11) is 0. The average molecular weight is 895 g/mol. The maximum atomic E-state index is 6.09. The van der Waals surface area contributed by atoms with Crippen LogP contribution in [0.1, 0.15) is 0 Å². The molecule has 0 radical (unpaired) electrons. The Labute approximate surface area is 408 Å². The SMILES string of the molecule is c1ccc(-c2ccc(-c3ccc(N(c4ccc(-c5ccc(-c6ccccc6)cc5)cc4)c4ccc(-c5ccccc5-c5ccccc5-c5ccc(-c6nc7ccccc7o6)cc5)cc4)cc3)cc2)cc1. The third-order valence-corrected chi connectivity index (χ3v) is 13.2. The van der Waals surface area contributed by atoms with Gasteiger partial charge in [-0.3, -0.25) is 0 Å². The predicted molar refractivity (Wildman–Crippen MR) is 292 cm³/mol. The van der Waals surface area contributed by atoms with Gasteiger partial charge < -0.3 is 9.32 Å². The lowest BCUT2D eigenvalue weighted by Crippen LogP contribution is -2.09. The number of fused-ring (bicyclic) bond motifs is 1. The predicted octanol–water partition coefficient (Wildman–Crippen LogP) is 18.6. The maximum Gasteiger partial charge on any atom is 0.227 e. The number of anilines is 3. The van der Waals surface area contributed by atoms with E-state index in [0.717, 1.165) is 50.4 Å². The number of nitrogens with zero attached hydrogens (tertiary/aromatic N) is 2. The number of hydrogen-bond acceptors (Lipinski definition) is 3. The molecular formula is C67H46N2O. The molecule has 0 atom stereocenters. The van der Waals surface area contributed by atoms with Crippen LogP contribution in [0.3, 0.4) is 0 Å². The van der Waals surface area contributed by atoms with Crippen LogP contribution in [0.25, 0.3) is 100 Å². The molecule has 0 spiro atoms. The highest BCUT2D eigenvalue weighted by Crippen LogP contribution is 2.42. The molecule has 12 aromatic rings. The van der Waals surface area contributed by atoms with Crippen molar-refractivity contribution in [2.75, 3.05) is 4.90 Å². The number of benzene rings is 11. The molecule has 0 saturated carbocycles. The Kier molecular flexibility index (Phi) is 11.3. The lowest BCUT2D eigenvalue weighted by Gasteiger charge is -2.26. The Hall–Kier alpha value is -9.31. The van der Waals surface area contributed by atoms with E-state index in [9.17, 15) is 0 Å². The summed E-state index contributed by atoms with van der Waals surface area (Å²) in [5.74, 6) is 0.623. The largest absolute Gasteiger partial charge is 0.436 e. The first-order chi connectivity index (χ1) is 34.7. The zero-order valence-electron chi connectivity index (χ0n) is 38.4. The maximum absolute atomic E-state index is 6.09. The fraction of sp³-hybridized carbons (Fsp3) is 0. The molecular weight excluding hydrogens is 849 g/mol. The van der Waals surface area contributed by atoms with Crippen LogP contribution in [0.2, 0.25) is 0 Å². The molecule has 0 aliphatic carbocycles. The first-order valence-corrected chi connectivity index (χ1v) is 23.8. The first kappa shape index (κ1) is 42.1. The van der Waals surface area contributed by atoms with Crippen molar-refractivity contribution >= 4 is 28.2 Å². The van der Waals surface area contributed by atoms with Crippen molar-refractivity contribution in [2.24, 2.45) is 0 Å². The molecule has 3 nitrogen and oxygen atoms in total. The molecule has 1 heterocycles. The second kappa shape index (κ2) is 18.8. The molecule has 0 unspecified atom stereocenters. The molecule has 0 fully saturated rings. The summed E-state index contributed by atoms with van der Waals surface area (Å²) < 4.78 is 6.09. The van der Waals surface area contributed by atoms with Gasteiger partial charge in [-0.2, -0.15) is 0 Å². The van der Waals surface area contributed by atoms with E-state index in [-0.39, 0.29) is 0 Å². The normalized spacial score (nSPS) is 11.1. The second-order valence-electron chi connectivity index (χ2n) is 17.5. The smallest absolute Gasteiger partial charge is 0.227 e. The van der Waals surface area contributed by atoms with E-state index in [1.165, 1.54) is 61.2 Å². The van der Waals surface area contributed by atoms with E-state index in [0.29, 0.717) is 5.89 Å². The molecule has 70 heavy (non-hydrogen) atoms. The van der Waals surface area contributed by atoms with Crippen LogP contribution in [-0.4, -0.2) is 4.98 Å². The minimum absolute atomic E-state index is 0.623. The average Bonchev–Trinajstić information content (AvgIpc) is 3.89. The summed E-state index contributed by atoms with van der Waals surface area (Å²) in [5, 5.41) is 0. The topological polar surface area (TPSA) is 29.3 Å². The van der Waals surface area contributed by atoms with Crippen LogP contribution in [0, 0.1) is 0 Å². The van der Waals surface area contributed by atoms with Gasteiger partial charge in [0.15, 0.2) is 5.58 Å². The van der Waals surface area contributed by atoms with Gasteiger partial charge in [0.1, 0.15) is 5.52 Å². The van der Waals surface area contributed by atoms with Gasteiger partial charge in [-0.05, 0) is 139 Å². The van der Waals surface area contributed by atoms with Gasteiger partial charge in [-0.15, -0.1) is 0 Å². The van der Waals surface area contributed by atoms with Gasteiger partial charge in [-0.1, -0.05) is 218 Å². The monoisotopic (exact) mass is 894 g/mol. The lowest BCUT2D eigenvalue weighted by atomic mass is 9.89. The summed E-state index contributed by atoms with van der Waals surface area (Å²) in [6.45, 7) is 0. The quantitative estimate of drug-likeness (QED) is 0.130. The molecule has 12 rings (SSSR count). The zero-order chi connectivity index (χ0) is 46.6. The molecule has 0 aliphatic rings. The van der Waals surface area contributed by atoms with Crippen molar-refractivity contribution in [1.82, 2.24) is 4.98 Å². The van der Waals surface area contributed by atoms with E-state index < -0.39 is 0 Å². The zero-order valence-corrected chi connectivity index (χ0v) is 38.4. The first-order valence-electron chi connectivity index (χ1n) is 23.8. The van der Waals surface area contributed by atoms with Crippen LogP contribution in [-0.2, 0) is 0 Å². The van der Waals surface area contributed by atoms with Crippen LogP contribution in [0.5, 0.6) is 0 Å². The third kappa shape index (κ3) is 8.49. The van der Waals surface area contributed by atoms with Crippen LogP contribution in [0.4, 0.5) is 17.1 Å². The minimum Gasteiger partial charge on any atom is -0.436 e. The fourth-order valence-corrected chi connectivity index (χ4v) is 9.54. The molecule has 1 aromatic heterocycles. The Balaban J connectivity index is 0.863. The highest BCUT2D eigenvalue weighted by molar-refractivity contribution is 5.93. The fourth-order valence-electron chi connectivity index (χ4n) is 9.54. The lowest BCUT2D eigenvalue weighted by molar-refractivity contribution is 0.620. The number of para-hydroxylation sites is 2. The van der Waals surface area contributed by atoms with Crippen LogP contribution in [0.15, 0.2) is 283 Å². The van der Waals surface area contributed by atoms with E-state index in [1.54, 1.807) is 0 Å². The van der Waals surface area contributed by atoms with Crippen LogP contribution < -0.4 is 4.90 Å². The number of rotatable bonds is 11. The molecule has 0 N–H and O–H groups in total. The van der Waals surface area contributed by atoms with Crippen molar-refractivity contribution in [3.8, 4) is 89.3 Å². The number of hydrogen-bond donors (Lipinski definition) is 0. The van der Waals surface area contributed by atoms with Gasteiger partial charge in [-0.25, -0.2) is 4.98 Å². The Morgan fingerprint density at radius 2 is 0.514 bits per heavy atom. The number of oxazole rings is 1. The van der Waals surface area contributed by atoms with Crippen molar-refractivity contribution in [3.63, 3.8) is 0 Å². The molecule has 0 saturated heterocycles. The van der Waals surface area contributed by atoms with Crippen molar-refractivity contribution < 1.29 is 4.42 Å². The molecule has 0 bridgehead atoms.